The first-order valence-electron chi connectivity index (χ1n) is 8.70. The lowest BCUT2D eigenvalue weighted by Crippen LogP contribution is -2.59. The smallest absolute Gasteiger partial charge is 0.246 e. The van der Waals surface area contributed by atoms with Crippen LogP contribution in [0.15, 0.2) is 21.7 Å². The van der Waals surface area contributed by atoms with Crippen LogP contribution in [0.1, 0.15) is 63.9 Å². The Bertz CT molecular complexity index is 657. The summed E-state index contributed by atoms with van der Waals surface area (Å²) in [6, 6.07) is 3.75. The van der Waals surface area contributed by atoms with Gasteiger partial charge in [-0.3, -0.25) is 4.79 Å². The van der Waals surface area contributed by atoms with E-state index in [1.807, 2.05) is 19.1 Å². The predicted molar refractivity (Wildman–Crippen MR) is 89.0 cm³/mol. The molecule has 4 nitrogen and oxygen atoms in total. The molecule has 2 atom stereocenters. The van der Waals surface area contributed by atoms with Crippen molar-refractivity contribution in [3.63, 3.8) is 0 Å². The third-order valence-electron chi connectivity index (χ3n) is 6.23. The second-order valence-electron chi connectivity index (χ2n) is 9.06. The van der Waals surface area contributed by atoms with Crippen LogP contribution in [0.5, 0.6) is 0 Å². The number of amides is 1. The number of hydrogen-bond donors (Lipinski definition) is 1. The van der Waals surface area contributed by atoms with Gasteiger partial charge in [-0.05, 0) is 74.3 Å². The second-order valence-corrected chi connectivity index (χ2v) is 9.06. The molecule has 124 valence electrons. The van der Waals surface area contributed by atoms with Gasteiger partial charge >= 0.3 is 0 Å². The van der Waals surface area contributed by atoms with Gasteiger partial charge in [-0.2, -0.15) is 5.10 Å². The molecule has 0 saturated heterocycles. The number of nitrogens with zero attached hydrogens (tertiary/aromatic N) is 1. The van der Waals surface area contributed by atoms with Crippen molar-refractivity contribution < 1.29 is 9.21 Å². The first-order valence-corrected chi connectivity index (χ1v) is 8.70. The van der Waals surface area contributed by atoms with Crippen LogP contribution >= 0.6 is 0 Å². The van der Waals surface area contributed by atoms with Crippen molar-refractivity contribution in [2.24, 2.45) is 27.3 Å². The molecule has 4 aliphatic carbocycles. The second kappa shape index (κ2) is 4.71. The van der Waals surface area contributed by atoms with E-state index in [4.69, 9.17) is 4.42 Å². The maximum absolute atomic E-state index is 12.9. The van der Waals surface area contributed by atoms with Crippen molar-refractivity contribution >= 4 is 12.1 Å². The van der Waals surface area contributed by atoms with E-state index in [1.54, 1.807) is 6.21 Å². The Hall–Kier alpha value is -1.58. The van der Waals surface area contributed by atoms with E-state index in [0.29, 0.717) is 22.5 Å². The lowest BCUT2D eigenvalue weighted by molar-refractivity contribution is -0.170. The number of carbonyl (C=O) groups excluding carboxylic acids is 1. The maximum Gasteiger partial charge on any atom is 0.246 e. The van der Waals surface area contributed by atoms with Crippen molar-refractivity contribution in [3.8, 4) is 0 Å². The average Bonchev–Trinajstić information content (AvgIpc) is 2.80. The van der Waals surface area contributed by atoms with Gasteiger partial charge < -0.3 is 4.42 Å². The molecule has 4 heteroatoms. The molecule has 0 radical (unpaired) electrons. The van der Waals surface area contributed by atoms with Crippen LogP contribution < -0.4 is 5.43 Å². The SMILES string of the molecule is Cc1ccc(/C=N/NC(=O)C23CC4CC(C)(CC(C)(C4)C2)C3)o1. The highest BCUT2D eigenvalue weighted by molar-refractivity contribution is 5.85. The number of nitrogens with one attached hydrogen (secondary N) is 1. The van der Waals surface area contributed by atoms with Crippen LogP contribution in [-0.2, 0) is 4.79 Å². The molecule has 4 aliphatic rings. The van der Waals surface area contributed by atoms with E-state index in [9.17, 15) is 4.79 Å². The van der Waals surface area contributed by atoms with Gasteiger partial charge in [0, 0.05) is 0 Å². The summed E-state index contributed by atoms with van der Waals surface area (Å²) in [7, 11) is 0. The van der Waals surface area contributed by atoms with Crippen molar-refractivity contribution in [2.45, 2.75) is 59.3 Å². The summed E-state index contributed by atoms with van der Waals surface area (Å²) in [5, 5.41) is 4.14. The summed E-state index contributed by atoms with van der Waals surface area (Å²) in [4.78, 5) is 12.9. The topological polar surface area (TPSA) is 54.6 Å². The first kappa shape index (κ1) is 15.0. The molecule has 5 rings (SSSR count). The Morgan fingerprint density at radius 3 is 2.48 bits per heavy atom. The molecule has 4 bridgehead atoms. The summed E-state index contributed by atoms with van der Waals surface area (Å²) >= 11 is 0. The van der Waals surface area contributed by atoms with Gasteiger partial charge in [-0.1, -0.05) is 13.8 Å². The largest absolute Gasteiger partial charge is 0.460 e. The number of carbonyl (C=O) groups is 1. The molecule has 4 saturated carbocycles. The molecule has 1 amide bonds. The third-order valence-corrected chi connectivity index (χ3v) is 6.23. The standard InChI is InChI=1S/C19H26N2O2/c1-13-4-5-15(23-13)9-20-21-16(22)19-8-14-6-17(2,11-19)10-18(3,7-14)12-19/h4-5,9,14H,6-8,10-12H2,1-3H3,(H,21,22)/b20-9+. The Morgan fingerprint density at radius 1 is 1.22 bits per heavy atom. The van der Waals surface area contributed by atoms with Gasteiger partial charge in [0.15, 0.2) is 0 Å². The summed E-state index contributed by atoms with van der Waals surface area (Å²) in [6.07, 6.45) is 8.55. The van der Waals surface area contributed by atoms with Gasteiger partial charge in [-0.25, -0.2) is 5.43 Å². The van der Waals surface area contributed by atoms with E-state index in [0.717, 1.165) is 25.0 Å². The normalized spacial score (nSPS) is 41.6. The molecule has 23 heavy (non-hydrogen) atoms. The van der Waals surface area contributed by atoms with Crippen molar-refractivity contribution in [1.29, 1.82) is 0 Å². The molecule has 2 unspecified atom stereocenters. The minimum Gasteiger partial charge on any atom is -0.460 e. The molecule has 1 heterocycles. The lowest BCUT2D eigenvalue weighted by atomic mass is 9.40. The predicted octanol–water partition coefficient (Wildman–Crippen LogP) is 4.03. The Morgan fingerprint density at radius 2 is 1.91 bits per heavy atom. The van der Waals surface area contributed by atoms with Gasteiger partial charge in [0.25, 0.3) is 0 Å². The first-order chi connectivity index (χ1) is 10.8. The zero-order valence-electron chi connectivity index (χ0n) is 14.3. The van der Waals surface area contributed by atoms with Gasteiger partial charge in [0.2, 0.25) is 5.91 Å². The summed E-state index contributed by atoms with van der Waals surface area (Å²) in [6.45, 7) is 6.66. The highest BCUT2D eigenvalue weighted by Crippen LogP contribution is 2.69. The van der Waals surface area contributed by atoms with Crippen LogP contribution in [-0.4, -0.2) is 12.1 Å². The minimum absolute atomic E-state index is 0.110. The van der Waals surface area contributed by atoms with E-state index in [-0.39, 0.29) is 11.3 Å². The highest BCUT2D eigenvalue weighted by atomic mass is 16.3. The Kier molecular flexibility index (Phi) is 3.07. The van der Waals surface area contributed by atoms with Crippen molar-refractivity contribution in [3.05, 3.63) is 23.7 Å². The van der Waals surface area contributed by atoms with E-state index in [1.165, 1.54) is 19.3 Å². The summed E-state index contributed by atoms with van der Waals surface area (Å²) in [5.74, 6) is 2.34. The molecule has 0 aliphatic heterocycles. The Balaban J connectivity index is 1.51. The van der Waals surface area contributed by atoms with Crippen LogP contribution in [0.2, 0.25) is 0 Å². The molecule has 0 spiro atoms. The number of hydrogen-bond acceptors (Lipinski definition) is 3. The number of aryl methyl sites for hydroxylation is 1. The highest BCUT2D eigenvalue weighted by Gasteiger charge is 2.62. The van der Waals surface area contributed by atoms with Crippen LogP contribution in [0, 0.1) is 29.1 Å². The fraction of sp³-hybridized carbons (Fsp3) is 0.684. The zero-order valence-corrected chi connectivity index (χ0v) is 14.3. The zero-order chi connectivity index (χ0) is 16.3. The van der Waals surface area contributed by atoms with Gasteiger partial charge in [-0.15, -0.1) is 0 Å². The monoisotopic (exact) mass is 314 g/mol. The number of furan rings is 1. The van der Waals surface area contributed by atoms with E-state index >= 15 is 0 Å². The quantitative estimate of drug-likeness (QED) is 0.676. The minimum atomic E-state index is -0.209. The molecule has 4 fully saturated rings. The average molecular weight is 314 g/mol. The maximum atomic E-state index is 12.9. The van der Waals surface area contributed by atoms with E-state index in [2.05, 4.69) is 24.4 Å². The molecule has 1 N–H and O–H groups in total. The Labute approximate surface area is 137 Å². The molecule has 1 aromatic heterocycles. The molecular weight excluding hydrogens is 288 g/mol. The summed E-state index contributed by atoms with van der Waals surface area (Å²) in [5.41, 5.74) is 3.27. The lowest BCUT2D eigenvalue weighted by Gasteiger charge is -2.64. The third kappa shape index (κ3) is 2.52. The fourth-order valence-electron chi connectivity index (χ4n) is 6.50. The molecule has 0 aromatic carbocycles. The van der Waals surface area contributed by atoms with Crippen molar-refractivity contribution in [2.75, 3.05) is 0 Å². The van der Waals surface area contributed by atoms with Crippen LogP contribution in [0.4, 0.5) is 0 Å². The number of rotatable bonds is 3. The van der Waals surface area contributed by atoms with Gasteiger partial charge in [0.05, 0.1) is 11.6 Å². The van der Waals surface area contributed by atoms with Crippen molar-refractivity contribution in [1.82, 2.24) is 5.43 Å². The number of hydrazone groups is 1. The van der Waals surface area contributed by atoms with Crippen LogP contribution in [0.25, 0.3) is 0 Å². The fourth-order valence-corrected chi connectivity index (χ4v) is 6.50. The summed E-state index contributed by atoms with van der Waals surface area (Å²) < 4.78 is 5.45. The van der Waals surface area contributed by atoms with E-state index < -0.39 is 0 Å². The van der Waals surface area contributed by atoms with Gasteiger partial charge in [0.1, 0.15) is 11.5 Å². The van der Waals surface area contributed by atoms with Crippen LogP contribution in [0.3, 0.4) is 0 Å². The molecule has 1 aromatic rings. The molecular formula is C19H26N2O2.